The van der Waals surface area contributed by atoms with E-state index in [1.165, 1.54) is 31.3 Å². The first-order valence-electron chi connectivity index (χ1n) is 15.6. The summed E-state index contributed by atoms with van der Waals surface area (Å²) in [4.78, 5) is 0. The molecule has 0 N–H and O–H groups in total. The first kappa shape index (κ1) is 26.1. The molecule has 0 radical (unpaired) electrons. The van der Waals surface area contributed by atoms with E-state index >= 15 is 4.57 Å². The molecule has 1 aliphatic heterocycles. The molecule has 3 heterocycles. The van der Waals surface area contributed by atoms with E-state index in [9.17, 15) is 0 Å². The number of aromatic nitrogens is 1. The fraction of sp³-hybridized carbons (Fsp3) is 0. The molecule has 0 saturated carbocycles. The molecule has 1 atom stereocenters. The number of thiophene rings is 1. The quantitative estimate of drug-likeness (QED) is 0.180. The standard InChI is InChI=1S/C42H26NOPS/c44-45(29-11-2-1-3-12-29)37-18-8-5-14-32(37)34-26-25-33-31-13-4-7-17-36(31)43(41(33)42(34)45)28-23-21-27(22-24-28)30-16-10-20-39-40(30)35-15-6-9-19-38(35)46-39/h1-26H. The fourth-order valence-electron chi connectivity index (χ4n) is 7.65. The minimum Gasteiger partial charge on any atom is -0.309 e. The third-order valence-electron chi connectivity index (χ3n) is 9.62. The molecule has 1 unspecified atom stereocenters. The summed E-state index contributed by atoms with van der Waals surface area (Å²) in [5, 5.41) is 7.63. The van der Waals surface area contributed by atoms with Gasteiger partial charge in [-0.15, -0.1) is 11.3 Å². The van der Waals surface area contributed by atoms with Gasteiger partial charge in [-0.1, -0.05) is 127 Å². The van der Waals surface area contributed by atoms with Crippen LogP contribution < -0.4 is 15.9 Å². The highest BCUT2D eigenvalue weighted by Gasteiger charge is 2.42. The van der Waals surface area contributed by atoms with Crippen LogP contribution in [0.2, 0.25) is 0 Å². The van der Waals surface area contributed by atoms with Crippen LogP contribution in [0.25, 0.3) is 69.9 Å². The summed E-state index contributed by atoms with van der Waals surface area (Å²) in [5.41, 5.74) is 7.75. The smallest absolute Gasteiger partial charge is 0.174 e. The second-order valence-corrected chi connectivity index (χ2v) is 15.7. The number of fused-ring (bicyclic) bond motifs is 10. The van der Waals surface area contributed by atoms with Crippen LogP contribution in [0, 0.1) is 0 Å². The van der Waals surface area contributed by atoms with Crippen molar-refractivity contribution in [3.05, 3.63) is 158 Å². The largest absolute Gasteiger partial charge is 0.309 e. The van der Waals surface area contributed by atoms with Crippen molar-refractivity contribution in [1.82, 2.24) is 4.57 Å². The summed E-state index contributed by atoms with van der Waals surface area (Å²) in [6.45, 7) is 0. The van der Waals surface area contributed by atoms with Crippen molar-refractivity contribution in [3.63, 3.8) is 0 Å². The Hall–Kier alpha value is -5.21. The molecule has 0 aliphatic carbocycles. The Labute approximate surface area is 270 Å². The van der Waals surface area contributed by atoms with Crippen LogP contribution in [0.1, 0.15) is 0 Å². The van der Waals surface area contributed by atoms with Crippen molar-refractivity contribution in [2.24, 2.45) is 0 Å². The molecule has 2 nitrogen and oxygen atoms in total. The van der Waals surface area contributed by atoms with Crippen molar-refractivity contribution in [2.75, 3.05) is 0 Å². The summed E-state index contributed by atoms with van der Waals surface area (Å²) in [5.74, 6) is 0. The van der Waals surface area contributed by atoms with Crippen LogP contribution in [0.4, 0.5) is 0 Å². The molecular formula is C42H26NOPS. The third-order valence-corrected chi connectivity index (χ3v) is 13.9. The summed E-state index contributed by atoms with van der Waals surface area (Å²) in [6.07, 6.45) is 0. The summed E-state index contributed by atoms with van der Waals surface area (Å²) < 4.78 is 20.7. The molecule has 0 saturated heterocycles. The maximum absolute atomic E-state index is 15.8. The number of benzene rings is 7. The molecule has 10 rings (SSSR count). The summed E-state index contributed by atoms with van der Waals surface area (Å²) in [7, 11) is -3.17. The van der Waals surface area contributed by atoms with Crippen molar-refractivity contribution in [1.29, 1.82) is 0 Å². The van der Waals surface area contributed by atoms with E-state index in [2.05, 4.69) is 126 Å². The maximum Gasteiger partial charge on any atom is 0.174 e. The van der Waals surface area contributed by atoms with Crippen molar-refractivity contribution >= 4 is 76.4 Å². The van der Waals surface area contributed by atoms with Crippen molar-refractivity contribution in [2.45, 2.75) is 0 Å². The molecule has 4 heteroatoms. The van der Waals surface area contributed by atoms with Gasteiger partial charge in [-0.05, 0) is 52.6 Å². The lowest BCUT2D eigenvalue weighted by Crippen LogP contribution is -2.22. The van der Waals surface area contributed by atoms with Crippen LogP contribution in [0.3, 0.4) is 0 Å². The first-order valence-corrected chi connectivity index (χ1v) is 18.1. The van der Waals surface area contributed by atoms with Crippen LogP contribution in [-0.4, -0.2) is 4.57 Å². The normalized spacial score (nSPS) is 15.6. The zero-order valence-corrected chi connectivity index (χ0v) is 26.4. The van der Waals surface area contributed by atoms with Gasteiger partial charge in [-0.3, -0.25) is 0 Å². The van der Waals surface area contributed by atoms with Gasteiger partial charge in [-0.2, -0.15) is 0 Å². The van der Waals surface area contributed by atoms with Gasteiger partial charge in [0.2, 0.25) is 0 Å². The van der Waals surface area contributed by atoms with Crippen LogP contribution in [0.5, 0.6) is 0 Å². The van der Waals surface area contributed by atoms with E-state index in [1.807, 2.05) is 47.7 Å². The molecule has 7 aromatic carbocycles. The Morgan fingerprint density at radius 2 is 1.20 bits per heavy atom. The van der Waals surface area contributed by atoms with E-state index in [0.29, 0.717) is 0 Å². The van der Waals surface area contributed by atoms with Crippen LogP contribution in [0.15, 0.2) is 158 Å². The molecule has 2 aromatic heterocycles. The topological polar surface area (TPSA) is 22.0 Å². The highest BCUT2D eigenvalue weighted by Crippen LogP contribution is 2.55. The van der Waals surface area contributed by atoms with Crippen molar-refractivity contribution in [3.8, 4) is 27.9 Å². The lowest BCUT2D eigenvalue weighted by atomic mass is 9.99. The molecule has 0 fully saturated rings. The lowest BCUT2D eigenvalue weighted by molar-refractivity contribution is 0.593. The third kappa shape index (κ3) is 3.45. The Morgan fingerprint density at radius 3 is 2.07 bits per heavy atom. The molecule has 1 aliphatic rings. The predicted octanol–water partition coefficient (Wildman–Crippen LogP) is 10.4. The minimum absolute atomic E-state index is 0.872. The Kier molecular flexibility index (Phi) is 5.46. The molecule has 0 spiro atoms. The van der Waals surface area contributed by atoms with Gasteiger partial charge in [0.05, 0.1) is 16.3 Å². The average molecular weight is 624 g/mol. The van der Waals surface area contributed by atoms with Gasteiger partial charge in [-0.25, -0.2) is 0 Å². The van der Waals surface area contributed by atoms with Crippen molar-refractivity contribution < 1.29 is 4.57 Å². The summed E-state index contributed by atoms with van der Waals surface area (Å²) in [6, 6.07) is 55.5. The highest BCUT2D eigenvalue weighted by molar-refractivity contribution is 7.86. The molecule has 9 aromatic rings. The molecule has 0 bridgehead atoms. The number of rotatable bonds is 3. The van der Waals surface area contributed by atoms with Gasteiger partial charge >= 0.3 is 0 Å². The van der Waals surface area contributed by atoms with Crippen LogP contribution in [-0.2, 0) is 4.57 Å². The van der Waals surface area contributed by atoms with E-state index in [4.69, 9.17) is 0 Å². The van der Waals surface area contributed by atoms with E-state index < -0.39 is 7.14 Å². The molecule has 46 heavy (non-hydrogen) atoms. The van der Waals surface area contributed by atoms with Gasteiger partial charge in [0.15, 0.2) is 7.14 Å². The van der Waals surface area contributed by atoms with E-state index in [-0.39, 0.29) is 0 Å². The highest BCUT2D eigenvalue weighted by atomic mass is 32.1. The number of hydrogen-bond acceptors (Lipinski definition) is 2. The monoisotopic (exact) mass is 623 g/mol. The fourth-order valence-corrected chi connectivity index (χ4v) is 12.0. The van der Waals surface area contributed by atoms with E-state index in [0.717, 1.165) is 54.5 Å². The molecular weight excluding hydrogens is 598 g/mol. The Balaban J connectivity index is 1.25. The molecule has 216 valence electrons. The van der Waals surface area contributed by atoms with Crippen LogP contribution >= 0.6 is 18.5 Å². The maximum atomic E-state index is 15.8. The second-order valence-electron chi connectivity index (χ2n) is 12.0. The lowest BCUT2D eigenvalue weighted by Gasteiger charge is -2.19. The number of nitrogens with zero attached hydrogens (tertiary/aromatic N) is 1. The van der Waals surface area contributed by atoms with Gasteiger partial charge < -0.3 is 9.13 Å². The molecule has 0 amide bonds. The van der Waals surface area contributed by atoms with Gasteiger partial charge in [0.25, 0.3) is 0 Å². The Bertz CT molecular complexity index is 2720. The average Bonchev–Trinajstić information content (AvgIpc) is 3.75. The first-order chi connectivity index (χ1) is 22.7. The Morgan fingerprint density at radius 1 is 0.500 bits per heavy atom. The zero-order valence-electron chi connectivity index (χ0n) is 24.7. The second kappa shape index (κ2) is 9.64. The summed E-state index contributed by atoms with van der Waals surface area (Å²) >= 11 is 1.85. The predicted molar refractivity (Wildman–Crippen MR) is 197 cm³/mol. The van der Waals surface area contributed by atoms with Gasteiger partial charge in [0, 0.05) is 47.2 Å². The zero-order chi connectivity index (χ0) is 30.4. The SMILES string of the molecule is O=P1(c2ccccc2)c2ccccc2-c2ccc3c4ccccc4n(-c4ccc(-c5cccc6sc7ccccc7c56)cc4)c3c21. The number of para-hydroxylation sites is 1. The van der Waals surface area contributed by atoms with Gasteiger partial charge in [0.1, 0.15) is 0 Å². The van der Waals surface area contributed by atoms with E-state index in [1.54, 1.807) is 0 Å². The number of hydrogen-bond donors (Lipinski definition) is 0. The minimum atomic E-state index is -3.17.